The number of alkyl halides is 3. The lowest BCUT2D eigenvalue weighted by atomic mass is 10.1. The molecule has 0 unspecified atom stereocenters. The lowest BCUT2D eigenvalue weighted by molar-refractivity contribution is -0.154. The van der Waals surface area contributed by atoms with Gasteiger partial charge >= 0.3 is 6.18 Å². The maximum Gasteiger partial charge on any atom is 0.453 e. The van der Waals surface area contributed by atoms with E-state index in [9.17, 15) is 18.0 Å². The summed E-state index contributed by atoms with van der Waals surface area (Å²) in [7, 11) is 1.46. The first-order chi connectivity index (χ1) is 14.7. The molecule has 1 aromatic heterocycles. The fourth-order valence-electron chi connectivity index (χ4n) is 3.34. The van der Waals surface area contributed by atoms with E-state index < -0.39 is 23.1 Å². The molecule has 0 saturated heterocycles. The van der Waals surface area contributed by atoms with Gasteiger partial charge in [0.1, 0.15) is 29.6 Å². The summed E-state index contributed by atoms with van der Waals surface area (Å²) < 4.78 is 62.9. The van der Waals surface area contributed by atoms with Crippen LogP contribution in [0.2, 0.25) is 0 Å². The quantitative estimate of drug-likeness (QED) is 0.563. The Balaban J connectivity index is 1.89. The van der Waals surface area contributed by atoms with Crippen LogP contribution in [-0.2, 0) is 12.7 Å². The topological polar surface area (TPSA) is 61.1 Å². The minimum absolute atomic E-state index is 0.00975. The van der Waals surface area contributed by atoms with E-state index in [1.165, 1.54) is 37.4 Å². The van der Waals surface area contributed by atoms with Gasteiger partial charge in [-0.2, -0.15) is 13.2 Å². The molecule has 31 heavy (non-hydrogen) atoms. The van der Waals surface area contributed by atoms with Crippen molar-refractivity contribution in [1.29, 1.82) is 0 Å². The Labute approximate surface area is 175 Å². The lowest BCUT2D eigenvalue weighted by Gasteiger charge is -2.32. The van der Waals surface area contributed by atoms with Crippen molar-refractivity contribution in [2.24, 2.45) is 0 Å². The van der Waals surface area contributed by atoms with E-state index >= 15 is 0 Å². The predicted molar refractivity (Wildman–Crippen MR) is 107 cm³/mol. The third-order valence-electron chi connectivity index (χ3n) is 5.09. The van der Waals surface area contributed by atoms with Crippen LogP contribution in [0, 0.1) is 0 Å². The van der Waals surface area contributed by atoms with Crippen LogP contribution < -0.4 is 19.6 Å². The van der Waals surface area contributed by atoms with E-state index in [2.05, 4.69) is 0 Å². The standard InChI is InChI=1S/C22H20F3NO5/c1-12(2)26-10-16-17(29-11-26)9-8-15-18(27)20(21(22(23,24)25)31-19(15)16)30-14-6-4-13(28-3)5-7-14/h4-9,12H,10-11H2,1-3H3. The van der Waals surface area contributed by atoms with Crippen molar-refractivity contribution in [2.75, 3.05) is 13.8 Å². The number of ether oxygens (including phenoxy) is 3. The molecule has 0 saturated carbocycles. The Bertz CT molecular complexity index is 1170. The molecule has 2 heterocycles. The second kappa shape index (κ2) is 7.81. The summed E-state index contributed by atoms with van der Waals surface area (Å²) in [4.78, 5) is 15.0. The zero-order valence-corrected chi connectivity index (χ0v) is 17.1. The van der Waals surface area contributed by atoms with Crippen LogP contribution >= 0.6 is 0 Å². The smallest absolute Gasteiger partial charge is 0.453 e. The summed E-state index contributed by atoms with van der Waals surface area (Å²) in [6, 6.07) is 8.89. The van der Waals surface area contributed by atoms with Gasteiger partial charge in [0.15, 0.2) is 0 Å². The summed E-state index contributed by atoms with van der Waals surface area (Å²) in [5.41, 5.74) is -0.660. The number of rotatable bonds is 4. The van der Waals surface area contributed by atoms with Gasteiger partial charge in [0.2, 0.25) is 11.2 Å². The Kier molecular flexibility index (Phi) is 5.30. The molecule has 2 aromatic carbocycles. The van der Waals surface area contributed by atoms with Crippen molar-refractivity contribution in [3.8, 4) is 23.0 Å². The monoisotopic (exact) mass is 435 g/mol. The lowest BCUT2D eigenvalue weighted by Crippen LogP contribution is -2.37. The zero-order valence-electron chi connectivity index (χ0n) is 17.1. The third kappa shape index (κ3) is 3.93. The molecule has 9 heteroatoms. The van der Waals surface area contributed by atoms with Gasteiger partial charge in [-0.05, 0) is 50.2 Å². The fraction of sp³-hybridized carbons (Fsp3) is 0.318. The van der Waals surface area contributed by atoms with Gasteiger partial charge < -0.3 is 18.6 Å². The van der Waals surface area contributed by atoms with Crippen molar-refractivity contribution >= 4 is 11.0 Å². The number of halogens is 3. The molecule has 0 aliphatic carbocycles. The van der Waals surface area contributed by atoms with Gasteiger partial charge in [0.25, 0.3) is 5.76 Å². The van der Waals surface area contributed by atoms with E-state index in [4.69, 9.17) is 18.6 Å². The van der Waals surface area contributed by atoms with Crippen LogP contribution in [0.25, 0.3) is 11.0 Å². The van der Waals surface area contributed by atoms with Gasteiger partial charge in [-0.1, -0.05) is 0 Å². The largest absolute Gasteiger partial charge is 0.497 e. The fourth-order valence-corrected chi connectivity index (χ4v) is 3.34. The molecule has 1 aliphatic rings. The molecule has 4 rings (SSSR count). The maximum atomic E-state index is 13.8. The number of methoxy groups -OCH3 is 1. The Morgan fingerprint density at radius 2 is 1.74 bits per heavy atom. The van der Waals surface area contributed by atoms with Crippen molar-refractivity contribution in [2.45, 2.75) is 32.6 Å². The minimum atomic E-state index is -4.94. The molecule has 0 atom stereocenters. The molecule has 0 amide bonds. The Morgan fingerprint density at radius 1 is 1.06 bits per heavy atom. The normalized spacial score (nSPS) is 14.4. The van der Waals surface area contributed by atoms with E-state index in [-0.39, 0.29) is 22.8 Å². The number of hydrogen-bond acceptors (Lipinski definition) is 6. The van der Waals surface area contributed by atoms with Gasteiger partial charge in [0.05, 0.1) is 18.1 Å². The molecular formula is C22H20F3NO5. The van der Waals surface area contributed by atoms with Gasteiger partial charge in [-0.25, -0.2) is 0 Å². The summed E-state index contributed by atoms with van der Waals surface area (Å²) >= 11 is 0. The first-order valence-electron chi connectivity index (χ1n) is 9.57. The molecule has 164 valence electrons. The highest BCUT2D eigenvalue weighted by atomic mass is 19.4. The molecule has 0 spiro atoms. The highest BCUT2D eigenvalue weighted by Crippen LogP contribution is 2.41. The number of nitrogens with zero attached hydrogens (tertiary/aromatic N) is 1. The summed E-state index contributed by atoms with van der Waals surface area (Å²) in [6.45, 7) is 4.48. The number of fused-ring (bicyclic) bond motifs is 3. The number of hydrogen-bond donors (Lipinski definition) is 0. The van der Waals surface area contributed by atoms with Crippen LogP contribution in [0.4, 0.5) is 13.2 Å². The van der Waals surface area contributed by atoms with Gasteiger partial charge in [0, 0.05) is 12.6 Å². The zero-order chi connectivity index (χ0) is 22.3. The maximum absolute atomic E-state index is 13.8. The Hall–Kier alpha value is -3.20. The second-order valence-corrected chi connectivity index (χ2v) is 7.40. The molecule has 3 aromatic rings. The predicted octanol–water partition coefficient (Wildman–Crippen LogP) is 5.17. The van der Waals surface area contributed by atoms with Crippen LogP contribution in [0.1, 0.15) is 25.2 Å². The summed E-state index contributed by atoms with van der Waals surface area (Å²) in [5.74, 6) is -1.47. The van der Waals surface area contributed by atoms with Crippen LogP contribution in [0.15, 0.2) is 45.6 Å². The molecule has 6 nitrogen and oxygen atoms in total. The van der Waals surface area contributed by atoms with Crippen molar-refractivity contribution in [3.63, 3.8) is 0 Å². The van der Waals surface area contributed by atoms with Gasteiger partial charge in [-0.3, -0.25) is 9.69 Å². The molecule has 0 radical (unpaired) electrons. The Morgan fingerprint density at radius 3 is 2.35 bits per heavy atom. The van der Waals surface area contributed by atoms with Crippen LogP contribution in [0.5, 0.6) is 23.0 Å². The highest BCUT2D eigenvalue weighted by molar-refractivity contribution is 5.83. The minimum Gasteiger partial charge on any atom is -0.497 e. The molecule has 1 aliphatic heterocycles. The van der Waals surface area contributed by atoms with Crippen molar-refractivity contribution < 1.29 is 31.8 Å². The molecular weight excluding hydrogens is 415 g/mol. The van der Waals surface area contributed by atoms with Crippen LogP contribution in [0.3, 0.4) is 0 Å². The van der Waals surface area contributed by atoms with E-state index in [1.54, 1.807) is 6.07 Å². The molecule has 0 bridgehead atoms. The summed E-state index contributed by atoms with van der Waals surface area (Å²) in [5, 5.41) is -0.00975. The second-order valence-electron chi connectivity index (χ2n) is 7.40. The molecule has 0 fully saturated rings. The average molecular weight is 435 g/mol. The molecule has 0 N–H and O–H groups in total. The van der Waals surface area contributed by atoms with E-state index in [0.29, 0.717) is 30.3 Å². The SMILES string of the molecule is COc1ccc(Oc2c(C(F)(F)F)oc3c4c(ccc3c2=O)OCN(C(C)C)C4)cc1. The first-order valence-corrected chi connectivity index (χ1v) is 9.57. The van der Waals surface area contributed by atoms with Crippen molar-refractivity contribution in [3.05, 3.63) is 57.9 Å². The third-order valence-corrected chi connectivity index (χ3v) is 5.09. The highest BCUT2D eigenvalue weighted by Gasteiger charge is 2.41. The van der Waals surface area contributed by atoms with Crippen LogP contribution in [-0.4, -0.2) is 24.8 Å². The number of benzene rings is 2. The first kappa shape index (κ1) is 21.0. The average Bonchev–Trinajstić information content (AvgIpc) is 2.74. The summed E-state index contributed by atoms with van der Waals surface area (Å²) in [6.07, 6.45) is -4.94. The van der Waals surface area contributed by atoms with Gasteiger partial charge in [-0.15, -0.1) is 0 Å². The van der Waals surface area contributed by atoms with E-state index in [1.807, 2.05) is 18.7 Å². The van der Waals surface area contributed by atoms with Crippen molar-refractivity contribution in [1.82, 2.24) is 4.90 Å². The van der Waals surface area contributed by atoms with E-state index in [0.717, 1.165) is 0 Å².